The predicted octanol–water partition coefficient (Wildman–Crippen LogP) is 3.31. The number of rotatable bonds is 1. The Balaban J connectivity index is 1.78. The molecule has 0 aromatic heterocycles. The fourth-order valence-electron chi connectivity index (χ4n) is 3.44. The van der Waals surface area contributed by atoms with E-state index in [9.17, 15) is 0 Å². The van der Waals surface area contributed by atoms with E-state index in [1.807, 2.05) is 0 Å². The predicted molar refractivity (Wildman–Crippen MR) is 50.8 cm³/mol. The molecule has 0 N–H and O–H groups in total. The Morgan fingerprint density at radius 3 is 2.75 bits per heavy atom. The highest BCUT2D eigenvalue weighted by atomic mass is 14.5. The minimum absolute atomic E-state index is 0.985. The van der Waals surface area contributed by atoms with Gasteiger partial charge in [0, 0.05) is 0 Å². The number of hydrogen-bond acceptors (Lipinski definition) is 0. The molecule has 0 unspecified atom stereocenters. The molecule has 2 saturated carbocycles. The summed E-state index contributed by atoms with van der Waals surface area (Å²) in [5.74, 6) is 3.15. The quantitative estimate of drug-likeness (QED) is 0.552. The van der Waals surface area contributed by atoms with Gasteiger partial charge in [-0.2, -0.15) is 0 Å². The minimum atomic E-state index is 0.985. The van der Waals surface area contributed by atoms with E-state index in [1.165, 1.54) is 25.7 Å². The van der Waals surface area contributed by atoms with E-state index in [4.69, 9.17) is 0 Å². The lowest BCUT2D eigenvalue weighted by atomic mass is 9.83. The maximum absolute atomic E-state index is 2.37. The summed E-state index contributed by atoms with van der Waals surface area (Å²) in [6.07, 6.45) is 14.3. The normalized spacial score (nSPS) is 44.0. The van der Waals surface area contributed by atoms with Gasteiger partial charge in [0.25, 0.3) is 0 Å². The molecule has 0 aromatic carbocycles. The van der Waals surface area contributed by atoms with Gasteiger partial charge in [-0.05, 0) is 43.4 Å². The van der Waals surface area contributed by atoms with Gasteiger partial charge >= 0.3 is 0 Å². The molecule has 0 heteroatoms. The van der Waals surface area contributed by atoms with Crippen LogP contribution in [-0.4, -0.2) is 0 Å². The Labute approximate surface area is 74.4 Å². The second-order valence-corrected chi connectivity index (χ2v) is 4.66. The van der Waals surface area contributed by atoms with E-state index in [0.717, 1.165) is 17.8 Å². The summed E-state index contributed by atoms with van der Waals surface area (Å²) in [6, 6.07) is 0. The van der Waals surface area contributed by atoms with Gasteiger partial charge in [-0.1, -0.05) is 30.2 Å². The van der Waals surface area contributed by atoms with Crippen LogP contribution in [0.3, 0.4) is 0 Å². The smallest absolute Gasteiger partial charge is 0.0130 e. The van der Waals surface area contributed by atoms with Gasteiger partial charge in [-0.25, -0.2) is 0 Å². The van der Waals surface area contributed by atoms with Crippen molar-refractivity contribution in [1.82, 2.24) is 0 Å². The van der Waals surface area contributed by atoms with Crippen LogP contribution in [0.4, 0.5) is 0 Å². The first-order chi connectivity index (χ1) is 5.93. The number of fused-ring (bicyclic) bond motifs is 2. The van der Waals surface area contributed by atoms with Crippen molar-refractivity contribution in [2.24, 2.45) is 17.8 Å². The van der Waals surface area contributed by atoms with Crippen molar-refractivity contribution in [3.8, 4) is 0 Å². The van der Waals surface area contributed by atoms with E-state index < -0.39 is 0 Å². The van der Waals surface area contributed by atoms with E-state index in [0.29, 0.717) is 0 Å². The highest BCUT2D eigenvalue weighted by Gasteiger charge is 2.40. The molecule has 0 aliphatic heterocycles. The maximum atomic E-state index is 2.37. The van der Waals surface area contributed by atoms with Gasteiger partial charge in [0.05, 0.1) is 0 Å². The third-order valence-electron chi connectivity index (χ3n) is 4.01. The van der Waals surface area contributed by atoms with E-state index >= 15 is 0 Å². The van der Waals surface area contributed by atoms with Crippen molar-refractivity contribution < 1.29 is 0 Å². The van der Waals surface area contributed by atoms with Crippen molar-refractivity contribution in [1.29, 1.82) is 0 Å². The first-order valence-electron chi connectivity index (χ1n) is 5.29. The van der Waals surface area contributed by atoms with Crippen LogP contribution in [0.15, 0.2) is 23.8 Å². The topological polar surface area (TPSA) is 0 Å². The van der Waals surface area contributed by atoms with Crippen molar-refractivity contribution in [2.45, 2.75) is 32.1 Å². The second kappa shape index (κ2) is 2.48. The molecule has 3 atom stereocenters. The first-order valence-corrected chi connectivity index (χ1v) is 5.29. The molecule has 3 aliphatic carbocycles. The van der Waals surface area contributed by atoms with E-state index in [2.05, 4.69) is 18.2 Å². The number of allylic oxidation sites excluding steroid dienone is 4. The highest BCUT2D eigenvalue weighted by Crippen LogP contribution is 2.51. The zero-order valence-electron chi connectivity index (χ0n) is 7.50. The lowest BCUT2D eigenvalue weighted by Gasteiger charge is -2.22. The Bertz CT molecular complexity index is 247. The molecule has 3 aliphatic rings. The zero-order valence-corrected chi connectivity index (χ0v) is 7.50. The van der Waals surface area contributed by atoms with Crippen molar-refractivity contribution in [3.63, 3.8) is 0 Å². The lowest BCUT2D eigenvalue weighted by molar-refractivity contribution is 0.375. The van der Waals surface area contributed by atoms with Crippen LogP contribution in [-0.2, 0) is 0 Å². The largest absolute Gasteiger partial charge is 0.0805 e. The van der Waals surface area contributed by atoms with Crippen molar-refractivity contribution in [3.05, 3.63) is 23.8 Å². The molecule has 0 amide bonds. The second-order valence-electron chi connectivity index (χ2n) is 4.66. The molecule has 64 valence electrons. The van der Waals surface area contributed by atoms with E-state index in [-0.39, 0.29) is 0 Å². The fourth-order valence-corrected chi connectivity index (χ4v) is 3.44. The SMILES string of the molecule is C1=CCC([C@H]2C[C@@H]3CC[C@@H]2C3)=C1. The Morgan fingerprint density at radius 1 is 1.17 bits per heavy atom. The van der Waals surface area contributed by atoms with Gasteiger partial charge in [-0.3, -0.25) is 0 Å². The molecule has 12 heavy (non-hydrogen) atoms. The Morgan fingerprint density at radius 2 is 2.17 bits per heavy atom. The summed E-state index contributed by atoms with van der Waals surface area (Å²) in [5.41, 5.74) is 1.74. The first kappa shape index (κ1) is 6.94. The van der Waals surface area contributed by atoms with Gasteiger partial charge in [0.15, 0.2) is 0 Å². The van der Waals surface area contributed by atoms with Gasteiger partial charge in [-0.15, -0.1) is 0 Å². The van der Waals surface area contributed by atoms with Crippen LogP contribution in [0, 0.1) is 17.8 Å². The van der Waals surface area contributed by atoms with Gasteiger partial charge in [0.1, 0.15) is 0 Å². The maximum Gasteiger partial charge on any atom is -0.0130 e. The summed E-state index contributed by atoms with van der Waals surface area (Å²) < 4.78 is 0. The Hall–Kier alpha value is -0.520. The third-order valence-corrected chi connectivity index (χ3v) is 4.01. The van der Waals surface area contributed by atoms with Crippen molar-refractivity contribution >= 4 is 0 Å². The van der Waals surface area contributed by atoms with Gasteiger partial charge < -0.3 is 0 Å². The monoisotopic (exact) mass is 160 g/mol. The molecule has 3 rings (SSSR count). The third kappa shape index (κ3) is 0.903. The fraction of sp³-hybridized carbons (Fsp3) is 0.667. The zero-order chi connectivity index (χ0) is 7.97. The molecular formula is C12H16. The molecule has 0 spiro atoms. The summed E-state index contributed by atoms with van der Waals surface area (Å²) >= 11 is 0. The van der Waals surface area contributed by atoms with Gasteiger partial charge in [0.2, 0.25) is 0 Å². The van der Waals surface area contributed by atoms with Crippen LogP contribution in [0.5, 0.6) is 0 Å². The summed E-state index contributed by atoms with van der Waals surface area (Å²) in [6.45, 7) is 0. The summed E-state index contributed by atoms with van der Waals surface area (Å²) in [4.78, 5) is 0. The van der Waals surface area contributed by atoms with Crippen LogP contribution in [0.25, 0.3) is 0 Å². The molecule has 0 saturated heterocycles. The van der Waals surface area contributed by atoms with Crippen LogP contribution in [0.1, 0.15) is 32.1 Å². The molecular weight excluding hydrogens is 144 g/mol. The standard InChI is InChI=1S/C12H16/c1-2-4-10(3-1)12-8-9-5-6-11(12)7-9/h1-3,9,11-12H,4-8H2/t9-,11-,12-/m1/s1. The summed E-state index contributed by atoms with van der Waals surface area (Å²) in [7, 11) is 0. The molecule has 0 aromatic rings. The minimum Gasteiger partial charge on any atom is -0.0805 e. The van der Waals surface area contributed by atoms with E-state index in [1.54, 1.807) is 12.0 Å². The lowest BCUT2D eigenvalue weighted by Crippen LogP contribution is -2.11. The Kier molecular flexibility index (Phi) is 1.44. The van der Waals surface area contributed by atoms with Crippen LogP contribution >= 0.6 is 0 Å². The molecule has 0 heterocycles. The van der Waals surface area contributed by atoms with Crippen LogP contribution in [0.2, 0.25) is 0 Å². The average Bonchev–Trinajstić information content (AvgIpc) is 2.81. The highest BCUT2D eigenvalue weighted by molar-refractivity contribution is 5.27. The molecule has 0 radical (unpaired) electrons. The van der Waals surface area contributed by atoms with Crippen LogP contribution < -0.4 is 0 Å². The number of hydrogen-bond donors (Lipinski definition) is 0. The molecule has 2 fully saturated rings. The average molecular weight is 160 g/mol. The van der Waals surface area contributed by atoms with Crippen molar-refractivity contribution in [2.75, 3.05) is 0 Å². The summed E-state index contributed by atoms with van der Waals surface area (Å²) in [5, 5.41) is 0. The molecule has 0 nitrogen and oxygen atoms in total. The molecule has 2 bridgehead atoms.